The molecule has 0 heterocycles. The number of nitriles is 1. The molecule has 2 rings (SSSR count). The van der Waals surface area contributed by atoms with Crippen molar-refractivity contribution in [1.82, 2.24) is 0 Å². The van der Waals surface area contributed by atoms with Crippen molar-refractivity contribution in [1.29, 1.82) is 5.26 Å². The maximum absolute atomic E-state index is 13.3. The van der Waals surface area contributed by atoms with Crippen molar-refractivity contribution >= 4 is 11.6 Å². The predicted molar refractivity (Wildman–Crippen MR) is 67.4 cm³/mol. The average Bonchev–Trinajstić information content (AvgIpc) is 2.34. The van der Waals surface area contributed by atoms with Crippen molar-refractivity contribution in [3.8, 4) is 17.6 Å². The molecule has 0 saturated heterocycles. The third-order valence-corrected chi connectivity index (χ3v) is 2.75. The van der Waals surface area contributed by atoms with Crippen LogP contribution in [0, 0.1) is 24.1 Å². The largest absolute Gasteiger partial charge is 0.457 e. The molecule has 4 heteroatoms. The van der Waals surface area contributed by atoms with Gasteiger partial charge >= 0.3 is 0 Å². The second-order valence-electron chi connectivity index (χ2n) is 3.77. The fourth-order valence-corrected chi connectivity index (χ4v) is 1.64. The van der Waals surface area contributed by atoms with Gasteiger partial charge in [-0.3, -0.25) is 0 Å². The Morgan fingerprint density at radius 1 is 1.17 bits per heavy atom. The topological polar surface area (TPSA) is 33.0 Å². The highest BCUT2D eigenvalue weighted by Gasteiger charge is 2.05. The molecule has 0 bridgehead atoms. The van der Waals surface area contributed by atoms with Gasteiger partial charge in [0.25, 0.3) is 0 Å². The van der Waals surface area contributed by atoms with E-state index >= 15 is 0 Å². The summed E-state index contributed by atoms with van der Waals surface area (Å²) in [6, 6.07) is 11.3. The van der Waals surface area contributed by atoms with E-state index in [-0.39, 0.29) is 5.82 Å². The maximum atomic E-state index is 13.3. The minimum Gasteiger partial charge on any atom is -0.457 e. The Hall–Kier alpha value is -2.05. The lowest BCUT2D eigenvalue weighted by Gasteiger charge is -2.07. The normalized spacial score (nSPS) is 9.89. The molecule has 0 unspecified atom stereocenters. The Kier molecular flexibility index (Phi) is 3.50. The second-order valence-corrected chi connectivity index (χ2v) is 4.17. The summed E-state index contributed by atoms with van der Waals surface area (Å²) in [7, 11) is 0. The zero-order chi connectivity index (χ0) is 13.1. The molecule has 2 aromatic carbocycles. The molecule has 0 aliphatic heterocycles. The monoisotopic (exact) mass is 261 g/mol. The van der Waals surface area contributed by atoms with E-state index in [0.29, 0.717) is 27.6 Å². The van der Waals surface area contributed by atoms with Crippen LogP contribution in [0.3, 0.4) is 0 Å². The van der Waals surface area contributed by atoms with E-state index in [0.717, 1.165) is 0 Å². The van der Waals surface area contributed by atoms with Gasteiger partial charge in [-0.05, 0) is 30.7 Å². The first kappa shape index (κ1) is 12.4. The van der Waals surface area contributed by atoms with Gasteiger partial charge in [-0.2, -0.15) is 5.26 Å². The first-order chi connectivity index (χ1) is 8.60. The molecular weight excluding hydrogens is 253 g/mol. The highest BCUT2D eigenvalue weighted by Crippen LogP contribution is 2.27. The molecule has 90 valence electrons. The number of hydrogen-bond acceptors (Lipinski definition) is 2. The van der Waals surface area contributed by atoms with E-state index in [1.165, 1.54) is 12.1 Å². The van der Waals surface area contributed by atoms with Gasteiger partial charge in [0.2, 0.25) is 0 Å². The van der Waals surface area contributed by atoms with E-state index in [1.807, 2.05) is 6.07 Å². The second kappa shape index (κ2) is 5.07. The van der Waals surface area contributed by atoms with E-state index in [4.69, 9.17) is 21.6 Å². The van der Waals surface area contributed by atoms with Gasteiger partial charge in [0.1, 0.15) is 23.4 Å². The van der Waals surface area contributed by atoms with Crippen LogP contribution in [0.15, 0.2) is 36.4 Å². The van der Waals surface area contributed by atoms with Crippen molar-refractivity contribution in [3.63, 3.8) is 0 Å². The lowest BCUT2D eigenvalue weighted by atomic mass is 10.2. The molecule has 18 heavy (non-hydrogen) atoms. The molecule has 0 atom stereocenters. The molecule has 0 radical (unpaired) electrons. The molecule has 0 fully saturated rings. The molecule has 0 aromatic heterocycles. The van der Waals surface area contributed by atoms with Crippen LogP contribution in [0.25, 0.3) is 0 Å². The van der Waals surface area contributed by atoms with Crippen molar-refractivity contribution in [2.75, 3.05) is 0 Å². The lowest BCUT2D eigenvalue weighted by molar-refractivity contribution is 0.476. The maximum Gasteiger partial charge on any atom is 0.130 e. The quantitative estimate of drug-likeness (QED) is 0.800. The Morgan fingerprint density at radius 3 is 2.44 bits per heavy atom. The van der Waals surface area contributed by atoms with Crippen LogP contribution in [-0.2, 0) is 0 Å². The highest BCUT2D eigenvalue weighted by molar-refractivity contribution is 6.31. The van der Waals surface area contributed by atoms with E-state index < -0.39 is 0 Å². The Morgan fingerprint density at radius 2 is 1.83 bits per heavy atom. The Labute approximate surface area is 109 Å². The third-order valence-electron chi connectivity index (χ3n) is 2.44. The van der Waals surface area contributed by atoms with Crippen LogP contribution in [0.2, 0.25) is 5.02 Å². The molecule has 0 amide bonds. The van der Waals surface area contributed by atoms with Gasteiger partial charge in [-0.1, -0.05) is 17.7 Å². The van der Waals surface area contributed by atoms with E-state index in [2.05, 4.69) is 0 Å². The minimum absolute atomic E-state index is 0.308. The third kappa shape index (κ3) is 2.61. The van der Waals surface area contributed by atoms with Crippen LogP contribution in [-0.4, -0.2) is 0 Å². The van der Waals surface area contributed by atoms with Crippen molar-refractivity contribution in [2.24, 2.45) is 0 Å². The summed E-state index contributed by atoms with van der Waals surface area (Å²) >= 11 is 5.88. The van der Waals surface area contributed by atoms with Crippen LogP contribution >= 0.6 is 11.6 Å². The van der Waals surface area contributed by atoms with Crippen LogP contribution in [0.1, 0.15) is 11.1 Å². The van der Waals surface area contributed by atoms with Gasteiger partial charge in [0.15, 0.2) is 0 Å². The summed E-state index contributed by atoms with van der Waals surface area (Å²) in [5.74, 6) is 0.522. The average molecular weight is 262 g/mol. The van der Waals surface area contributed by atoms with Gasteiger partial charge < -0.3 is 4.74 Å². The first-order valence-corrected chi connectivity index (χ1v) is 5.61. The van der Waals surface area contributed by atoms with Gasteiger partial charge in [-0.15, -0.1) is 0 Å². The molecule has 0 aliphatic carbocycles. The van der Waals surface area contributed by atoms with Crippen LogP contribution in [0.4, 0.5) is 4.39 Å². The molecule has 2 nitrogen and oxygen atoms in total. The number of aryl methyl sites for hydroxylation is 1. The summed E-state index contributed by atoms with van der Waals surface area (Å²) in [5, 5.41) is 9.05. The SMILES string of the molecule is Cc1ccc(Oc2ccc(C#N)c(Cl)c2)cc1F. The summed E-state index contributed by atoms with van der Waals surface area (Å²) in [6.45, 7) is 1.68. The Balaban J connectivity index is 2.26. The molecule has 2 aromatic rings. The number of benzene rings is 2. The highest BCUT2D eigenvalue weighted by atomic mass is 35.5. The zero-order valence-electron chi connectivity index (χ0n) is 9.58. The molecule has 0 N–H and O–H groups in total. The smallest absolute Gasteiger partial charge is 0.130 e. The minimum atomic E-state index is -0.327. The molecule has 0 spiro atoms. The molecular formula is C14H9ClFNO. The predicted octanol–water partition coefficient (Wildman–Crippen LogP) is 4.45. The fourth-order valence-electron chi connectivity index (χ4n) is 1.42. The Bertz CT molecular complexity index is 634. The number of rotatable bonds is 2. The van der Waals surface area contributed by atoms with Crippen molar-refractivity contribution in [2.45, 2.75) is 6.92 Å². The summed E-state index contributed by atoms with van der Waals surface area (Å²) in [4.78, 5) is 0. The van der Waals surface area contributed by atoms with E-state index in [1.54, 1.807) is 31.2 Å². The van der Waals surface area contributed by atoms with Gasteiger partial charge in [0.05, 0.1) is 10.6 Å². The number of ether oxygens (including phenoxy) is 1. The lowest BCUT2D eigenvalue weighted by Crippen LogP contribution is -1.88. The summed E-state index contributed by atoms with van der Waals surface area (Å²) < 4.78 is 18.8. The van der Waals surface area contributed by atoms with Crippen LogP contribution < -0.4 is 4.74 Å². The van der Waals surface area contributed by atoms with Gasteiger partial charge in [-0.25, -0.2) is 4.39 Å². The number of hydrogen-bond donors (Lipinski definition) is 0. The van der Waals surface area contributed by atoms with Crippen molar-refractivity contribution < 1.29 is 9.13 Å². The zero-order valence-corrected chi connectivity index (χ0v) is 10.3. The summed E-state index contributed by atoms with van der Waals surface area (Å²) in [5.41, 5.74) is 0.930. The molecule has 0 aliphatic rings. The molecule has 0 saturated carbocycles. The van der Waals surface area contributed by atoms with E-state index in [9.17, 15) is 4.39 Å². The standard InChI is InChI=1S/C14H9ClFNO/c1-9-2-4-12(7-14(9)16)18-11-5-3-10(8-17)13(15)6-11/h2-7H,1H3. The van der Waals surface area contributed by atoms with Crippen molar-refractivity contribution in [3.05, 3.63) is 58.4 Å². The van der Waals surface area contributed by atoms with Gasteiger partial charge in [0, 0.05) is 12.1 Å². The fraction of sp³-hybridized carbons (Fsp3) is 0.0714. The van der Waals surface area contributed by atoms with Crippen LogP contribution in [0.5, 0.6) is 11.5 Å². The number of halogens is 2. The first-order valence-electron chi connectivity index (χ1n) is 5.24. The number of nitrogens with zero attached hydrogens (tertiary/aromatic N) is 1. The summed E-state index contributed by atoms with van der Waals surface area (Å²) in [6.07, 6.45) is 0.